The van der Waals surface area contributed by atoms with Crippen molar-refractivity contribution >= 4 is 5.91 Å². The SMILES string of the molecule is NC1CCC(=O)N(C2CC2)C1c1c(F)cccc1F. The Morgan fingerprint density at radius 3 is 2.37 bits per heavy atom. The summed E-state index contributed by atoms with van der Waals surface area (Å²) in [5.41, 5.74) is 5.98. The zero-order valence-corrected chi connectivity index (χ0v) is 10.5. The van der Waals surface area contributed by atoms with Gasteiger partial charge in [0.1, 0.15) is 11.6 Å². The fourth-order valence-electron chi connectivity index (χ4n) is 2.87. The van der Waals surface area contributed by atoms with Crippen LogP contribution in [-0.4, -0.2) is 22.9 Å². The molecule has 5 heteroatoms. The van der Waals surface area contributed by atoms with Crippen molar-refractivity contribution < 1.29 is 13.6 Å². The van der Waals surface area contributed by atoms with Gasteiger partial charge >= 0.3 is 0 Å². The standard InChI is InChI=1S/C14H16F2N2O/c15-9-2-1-3-10(16)13(9)14-11(17)6-7-12(19)18(14)8-4-5-8/h1-3,8,11,14H,4-7,17H2. The van der Waals surface area contributed by atoms with Crippen molar-refractivity contribution in [2.75, 3.05) is 0 Å². The number of rotatable bonds is 2. The Kier molecular flexibility index (Phi) is 3.01. The first-order chi connectivity index (χ1) is 9.09. The van der Waals surface area contributed by atoms with E-state index in [0.717, 1.165) is 12.8 Å². The lowest BCUT2D eigenvalue weighted by atomic mass is 9.89. The third-order valence-corrected chi connectivity index (χ3v) is 3.92. The Labute approximate surface area is 110 Å². The molecule has 2 atom stereocenters. The average molecular weight is 266 g/mol. The van der Waals surface area contributed by atoms with Gasteiger partial charge in [-0.15, -0.1) is 0 Å². The van der Waals surface area contributed by atoms with Crippen LogP contribution < -0.4 is 5.73 Å². The maximum atomic E-state index is 14.0. The third-order valence-electron chi connectivity index (χ3n) is 3.92. The number of nitrogens with two attached hydrogens (primary N) is 1. The number of piperidine rings is 1. The number of nitrogens with zero attached hydrogens (tertiary/aromatic N) is 1. The number of benzene rings is 1. The van der Waals surface area contributed by atoms with E-state index in [4.69, 9.17) is 5.73 Å². The van der Waals surface area contributed by atoms with Crippen molar-refractivity contribution in [3.8, 4) is 0 Å². The summed E-state index contributed by atoms with van der Waals surface area (Å²) in [7, 11) is 0. The minimum Gasteiger partial charge on any atom is -0.331 e. The molecule has 1 aromatic carbocycles. The van der Waals surface area contributed by atoms with Gasteiger partial charge in [-0.3, -0.25) is 4.79 Å². The van der Waals surface area contributed by atoms with Gasteiger partial charge in [0, 0.05) is 24.1 Å². The molecule has 0 radical (unpaired) electrons. The molecule has 102 valence electrons. The third kappa shape index (κ3) is 2.12. The van der Waals surface area contributed by atoms with Crippen LogP contribution >= 0.6 is 0 Å². The van der Waals surface area contributed by atoms with Crippen molar-refractivity contribution in [2.24, 2.45) is 5.73 Å². The summed E-state index contributed by atoms with van der Waals surface area (Å²) in [5, 5.41) is 0. The van der Waals surface area contributed by atoms with E-state index in [1.54, 1.807) is 4.90 Å². The quantitative estimate of drug-likeness (QED) is 0.891. The molecule has 2 fully saturated rings. The Morgan fingerprint density at radius 1 is 1.16 bits per heavy atom. The van der Waals surface area contributed by atoms with E-state index >= 15 is 0 Å². The van der Waals surface area contributed by atoms with Crippen LogP contribution in [0.15, 0.2) is 18.2 Å². The van der Waals surface area contributed by atoms with Crippen LogP contribution in [0.1, 0.15) is 37.3 Å². The summed E-state index contributed by atoms with van der Waals surface area (Å²) >= 11 is 0. The van der Waals surface area contributed by atoms with E-state index in [2.05, 4.69) is 0 Å². The highest BCUT2D eigenvalue weighted by Crippen LogP contribution is 2.41. The topological polar surface area (TPSA) is 46.3 Å². The molecule has 0 spiro atoms. The first kappa shape index (κ1) is 12.5. The molecule has 2 unspecified atom stereocenters. The van der Waals surface area contributed by atoms with Gasteiger partial charge in [-0.2, -0.15) is 0 Å². The molecule has 2 N–H and O–H groups in total. The summed E-state index contributed by atoms with van der Waals surface area (Å²) in [6, 6.07) is 2.78. The summed E-state index contributed by atoms with van der Waals surface area (Å²) in [4.78, 5) is 13.7. The molecular formula is C14H16F2N2O. The average Bonchev–Trinajstić information content (AvgIpc) is 3.17. The number of halogens is 2. The van der Waals surface area contributed by atoms with E-state index < -0.39 is 23.7 Å². The van der Waals surface area contributed by atoms with Crippen molar-refractivity contribution in [1.29, 1.82) is 0 Å². The zero-order chi connectivity index (χ0) is 13.6. The fourth-order valence-corrected chi connectivity index (χ4v) is 2.87. The van der Waals surface area contributed by atoms with Crippen LogP contribution in [0.25, 0.3) is 0 Å². The highest BCUT2D eigenvalue weighted by atomic mass is 19.1. The van der Waals surface area contributed by atoms with Gasteiger partial charge in [0.05, 0.1) is 6.04 Å². The lowest BCUT2D eigenvalue weighted by Gasteiger charge is -2.40. The van der Waals surface area contributed by atoms with Crippen LogP contribution in [-0.2, 0) is 4.79 Å². The van der Waals surface area contributed by atoms with Crippen LogP contribution in [0.5, 0.6) is 0 Å². The van der Waals surface area contributed by atoms with Crippen molar-refractivity contribution in [2.45, 2.75) is 43.8 Å². The number of hydrogen-bond donors (Lipinski definition) is 1. The van der Waals surface area contributed by atoms with Crippen LogP contribution in [0, 0.1) is 11.6 Å². The van der Waals surface area contributed by atoms with Crippen molar-refractivity contribution in [3.63, 3.8) is 0 Å². The van der Waals surface area contributed by atoms with Gasteiger partial charge < -0.3 is 10.6 Å². The molecular weight excluding hydrogens is 250 g/mol. The smallest absolute Gasteiger partial charge is 0.223 e. The minimum absolute atomic E-state index is 0.0446. The van der Waals surface area contributed by atoms with E-state index in [9.17, 15) is 13.6 Å². The second kappa shape index (κ2) is 4.56. The second-order valence-electron chi connectivity index (χ2n) is 5.31. The highest BCUT2D eigenvalue weighted by Gasteiger charge is 2.44. The van der Waals surface area contributed by atoms with Crippen LogP contribution in [0.2, 0.25) is 0 Å². The molecule has 1 aliphatic carbocycles. The number of hydrogen-bond acceptors (Lipinski definition) is 2. The molecule has 3 rings (SSSR count). The van der Waals surface area contributed by atoms with Gasteiger partial charge in [-0.05, 0) is 31.4 Å². The van der Waals surface area contributed by atoms with Crippen molar-refractivity contribution in [1.82, 2.24) is 4.90 Å². The molecule has 1 aromatic rings. The predicted molar refractivity (Wildman–Crippen MR) is 66.2 cm³/mol. The Bertz CT molecular complexity index is 496. The molecule has 1 aliphatic heterocycles. The number of likely N-dealkylation sites (tertiary alicyclic amines) is 1. The van der Waals surface area contributed by atoms with Gasteiger partial charge in [0.15, 0.2) is 0 Å². The van der Waals surface area contributed by atoms with Crippen LogP contribution in [0.3, 0.4) is 0 Å². The maximum absolute atomic E-state index is 14.0. The first-order valence-electron chi connectivity index (χ1n) is 6.60. The molecule has 1 saturated heterocycles. The van der Waals surface area contributed by atoms with Crippen LogP contribution in [0.4, 0.5) is 8.78 Å². The fraction of sp³-hybridized carbons (Fsp3) is 0.500. The molecule has 1 amide bonds. The lowest BCUT2D eigenvalue weighted by molar-refractivity contribution is -0.138. The molecule has 0 bridgehead atoms. The Balaban J connectivity index is 2.05. The number of amides is 1. The van der Waals surface area contributed by atoms with E-state index in [-0.39, 0.29) is 17.5 Å². The van der Waals surface area contributed by atoms with E-state index in [1.807, 2.05) is 0 Å². The first-order valence-corrected chi connectivity index (χ1v) is 6.60. The second-order valence-corrected chi connectivity index (χ2v) is 5.31. The van der Waals surface area contributed by atoms with E-state index in [0.29, 0.717) is 12.8 Å². The molecule has 1 saturated carbocycles. The maximum Gasteiger partial charge on any atom is 0.223 e. The molecule has 19 heavy (non-hydrogen) atoms. The van der Waals surface area contributed by atoms with E-state index in [1.165, 1.54) is 18.2 Å². The van der Waals surface area contributed by atoms with Gasteiger partial charge in [0.25, 0.3) is 0 Å². The molecule has 0 aromatic heterocycles. The molecule has 1 heterocycles. The number of carbonyl (C=O) groups is 1. The van der Waals surface area contributed by atoms with Gasteiger partial charge in [-0.1, -0.05) is 6.07 Å². The summed E-state index contributed by atoms with van der Waals surface area (Å²) in [6.45, 7) is 0. The van der Waals surface area contributed by atoms with Crippen molar-refractivity contribution in [3.05, 3.63) is 35.4 Å². The predicted octanol–water partition coefficient (Wildman–Crippen LogP) is 2.12. The largest absolute Gasteiger partial charge is 0.331 e. The minimum atomic E-state index is -0.671. The zero-order valence-electron chi connectivity index (χ0n) is 10.5. The Morgan fingerprint density at radius 2 is 1.79 bits per heavy atom. The molecule has 3 nitrogen and oxygen atoms in total. The monoisotopic (exact) mass is 266 g/mol. The summed E-state index contributed by atoms with van der Waals surface area (Å²) < 4.78 is 27.9. The summed E-state index contributed by atoms with van der Waals surface area (Å²) in [6.07, 6.45) is 2.63. The normalized spacial score (nSPS) is 27.7. The molecule has 2 aliphatic rings. The number of carbonyl (C=O) groups excluding carboxylic acids is 1. The highest BCUT2D eigenvalue weighted by molar-refractivity contribution is 5.78. The van der Waals surface area contributed by atoms with Gasteiger partial charge in [-0.25, -0.2) is 8.78 Å². The Hall–Kier alpha value is -1.49. The van der Waals surface area contributed by atoms with Gasteiger partial charge in [0.2, 0.25) is 5.91 Å². The lowest BCUT2D eigenvalue weighted by Crippen LogP contribution is -2.50. The summed E-state index contributed by atoms with van der Waals surface area (Å²) in [5.74, 6) is -1.29.